The number of nitrogens with one attached hydrogen (secondary N) is 1. The van der Waals surface area contributed by atoms with Gasteiger partial charge >= 0.3 is 6.01 Å². The lowest BCUT2D eigenvalue weighted by molar-refractivity contribution is 0.101. The van der Waals surface area contributed by atoms with Gasteiger partial charge in [0.15, 0.2) is 5.69 Å². The minimum atomic E-state index is -0.456. The smallest absolute Gasteiger partial charge is 0.322 e. The van der Waals surface area contributed by atoms with E-state index >= 15 is 0 Å². The monoisotopic (exact) mass is 298 g/mol. The van der Waals surface area contributed by atoms with Crippen molar-refractivity contribution in [1.29, 1.82) is 0 Å². The Bertz CT molecular complexity index is 789. The molecule has 7 heteroatoms. The molecule has 3 rings (SSSR count). The quantitative estimate of drug-likeness (QED) is 0.795. The van der Waals surface area contributed by atoms with Crippen LogP contribution in [-0.4, -0.2) is 21.3 Å². The van der Waals surface area contributed by atoms with Crippen LogP contribution in [0.5, 0.6) is 0 Å². The van der Waals surface area contributed by atoms with Gasteiger partial charge in [0.2, 0.25) is 5.89 Å². The molecule has 0 saturated carbocycles. The highest BCUT2D eigenvalue weighted by Gasteiger charge is 2.15. The molecule has 0 radical (unpaired) electrons. The molecule has 1 aromatic carbocycles. The van der Waals surface area contributed by atoms with E-state index in [0.29, 0.717) is 18.1 Å². The van der Waals surface area contributed by atoms with Gasteiger partial charge in [-0.15, -0.1) is 5.10 Å². The third-order valence-corrected chi connectivity index (χ3v) is 3.02. The lowest BCUT2D eigenvalue weighted by Crippen LogP contribution is -2.12. The summed E-state index contributed by atoms with van der Waals surface area (Å²) in [5.41, 5.74) is 2.40. The van der Waals surface area contributed by atoms with Gasteiger partial charge in [0, 0.05) is 6.07 Å². The first-order valence-electron chi connectivity index (χ1n) is 6.73. The standard InChI is InChI=1S/C15H14N4O3/c1-9-3-5-11(6-4-9)8-13-17-18-15(21-13)16-14(20)12-7-10(2)22-19-12/h3-7H,8H2,1-2H3,(H,16,18,20). The molecule has 0 bridgehead atoms. The number of hydrogen-bond acceptors (Lipinski definition) is 6. The molecule has 0 aliphatic carbocycles. The van der Waals surface area contributed by atoms with Crippen molar-refractivity contribution >= 4 is 11.9 Å². The molecule has 0 spiro atoms. The summed E-state index contributed by atoms with van der Waals surface area (Å²) in [5.74, 6) is 0.522. The zero-order chi connectivity index (χ0) is 15.5. The zero-order valence-electron chi connectivity index (χ0n) is 12.2. The molecule has 1 N–H and O–H groups in total. The number of aryl methyl sites for hydroxylation is 2. The Hall–Kier alpha value is -2.96. The molecule has 112 valence electrons. The summed E-state index contributed by atoms with van der Waals surface area (Å²) in [5, 5.41) is 13.8. The molecule has 0 fully saturated rings. The lowest BCUT2D eigenvalue weighted by atomic mass is 10.1. The van der Waals surface area contributed by atoms with Gasteiger partial charge in [0.05, 0.1) is 6.42 Å². The summed E-state index contributed by atoms with van der Waals surface area (Å²) >= 11 is 0. The molecule has 1 amide bonds. The summed E-state index contributed by atoms with van der Waals surface area (Å²) < 4.78 is 10.2. The second-order valence-corrected chi connectivity index (χ2v) is 4.94. The van der Waals surface area contributed by atoms with Crippen LogP contribution in [0.3, 0.4) is 0 Å². The summed E-state index contributed by atoms with van der Waals surface area (Å²) in [6.07, 6.45) is 0.506. The number of hydrogen-bond donors (Lipinski definition) is 1. The van der Waals surface area contributed by atoms with Crippen LogP contribution in [0.15, 0.2) is 39.3 Å². The van der Waals surface area contributed by atoms with Crippen LogP contribution in [-0.2, 0) is 6.42 Å². The summed E-state index contributed by atoms with van der Waals surface area (Å²) in [7, 11) is 0. The van der Waals surface area contributed by atoms with E-state index in [0.717, 1.165) is 5.56 Å². The highest BCUT2D eigenvalue weighted by molar-refractivity contribution is 6.01. The molecule has 2 aromatic heterocycles. The molecular formula is C15H14N4O3. The van der Waals surface area contributed by atoms with Gasteiger partial charge in [-0.25, -0.2) is 0 Å². The van der Waals surface area contributed by atoms with Crippen LogP contribution in [0.1, 0.15) is 33.3 Å². The molecule has 3 aromatic rings. The average Bonchev–Trinajstić information content (AvgIpc) is 3.11. The van der Waals surface area contributed by atoms with Gasteiger partial charge in [0.1, 0.15) is 5.76 Å². The number of carbonyl (C=O) groups is 1. The Kier molecular flexibility index (Phi) is 3.69. The second-order valence-electron chi connectivity index (χ2n) is 4.94. The number of rotatable bonds is 4. The lowest BCUT2D eigenvalue weighted by Gasteiger charge is -1.98. The van der Waals surface area contributed by atoms with Crippen molar-refractivity contribution in [3.05, 3.63) is 58.8 Å². The van der Waals surface area contributed by atoms with Crippen molar-refractivity contribution in [3.63, 3.8) is 0 Å². The first kappa shape index (κ1) is 14.0. The molecule has 0 aliphatic heterocycles. The SMILES string of the molecule is Cc1ccc(Cc2nnc(NC(=O)c3cc(C)on3)o2)cc1. The summed E-state index contributed by atoms with van der Waals surface area (Å²) in [6, 6.07) is 9.58. The topological polar surface area (TPSA) is 94.1 Å². The molecule has 0 atom stereocenters. The van der Waals surface area contributed by atoms with Crippen molar-refractivity contribution in [3.8, 4) is 0 Å². The Balaban J connectivity index is 1.66. The highest BCUT2D eigenvalue weighted by atomic mass is 16.5. The number of carbonyl (C=O) groups excluding carboxylic acids is 1. The number of anilines is 1. The molecule has 22 heavy (non-hydrogen) atoms. The Morgan fingerprint density at radius 1 is 1.18 bits per heavy atom. The van der Waals surface area contributed by atoms with E-state index in [1.165, 1.54) is 11.6 Å². The molecule has 0 unspecified atom stereocenters. The average molecular weight is 298 g/mol. The van der Waals surface area contributed by atoms with Crippen LogP contribution in [0.25, 0.3) is 0 Å². The normalized spacial score (nSPS) is 10.6. The van der Waals surface area contributed by atoms with E-state index in [4.69, 9.17) is 8.94 Å². The number of amides is 1. The number of nitrogens with zero attached hydrogens (tertiary/aromatic N) is 3. The Labute approximate surface area is 126 Å². The first-order valence-corrected chi connectivity index (χ1v) is 6.73. The molecular weight excluding hydrogens is 284 g/mol. The fourth-order valence-corrected chi connectivity index (χ4v) is 1.89. The van der Waals surface area contributed by atoms with Crippen LogP contribution in [0.2, 0.25) is 0 Å². The number of aromatic nitrogens is 3. The fourth-order valence-electron chi connectivity index (χ4n) is 1.89. The van der Waals surface area contributed by atoms with E-state index in [1.807, 2.05) is 31.2 Å². The van der Waals surface area contributed by atoms with Crippen molar-refractivity contribution in [1.82, 2.24) is 15.4 Å². The number of benzene rings is 1. The largest absolute Gasteiger partial charge is 0.407 e. The van der Waals surface area contributed by atoms with Crippen LogP contribution < -0.4 is 5.32 Å². The van der Waals surface area contributed by atoms with Crippen molar-refractivity contribution in [2.45, 2.75) is 20.3 Å². The first-order chi connectivity index (χ1) is 10.6. The second kappa shape index (κ2) is 5.80. The third-order valence-electron chi connectivity index (χ3n) is 3.02. The maximum absolute atomic E-state index is 11.9. The van der Waals surface area contributed by atoms with Crippen molar-refractivity contribution in [2.75, 3.05) is 5.32 Å². The summed E-state index contributed by atoms with van der Waals surface area (Å²) in [4.78, 5) is 11.9. The molecule has 0 aliphatic rings. The van der Waals surface area contributed by atoms with Gasteiger partial charge in [-0.2, -0.15) is 0 Å². The van der Waals surface area contributed by atoms with E-state index in [-0.39, 0.29) is 11.7 Å². The van der Waals surface area contributed by atoms with Crippen LogP contribution in [0, 0.1) is 13.8 Å². The molecule has 2 heterocycles. The molecule has 0 saturated heterocycles. The van der Waals surface area contributed by atoms with Gasteiger partial charge in [-0.1, -0.05) is 40.1 Å². The molecule has 7 nitrogen and oxygen atoms in total. The van der Waals surface area contributed by atoms with E-state index in [2.05, 4.69) is 20.7 Å². The minimum absolute atomic E-state index is 0.0350. The van der Waals surface area contributed by atoms with Crippen LogP contribution >= 0.6 is 0 Å². The van der Waals surface area contributed by atoms with E-state index in [9.17, 15) is 4.79 Å². The maximum Gasteiger partial charge on any atom is 0.322 e. The van der Waals surface area contributed by atoms with Crippen molar-refractivity contribution in [2.24, 2.45) is 0 Å². The van der Waals surface area contributed by atoms with Gasteiger partial charge in [0.25, 0.3) is 5.91 Å². The van der Waals surface area contributed by atoms with E-state index in [1.54, 1.807) is 6.92 Å². The fraction of sp³-hybridized carbons (Fsp3) is 0.200. The van der Waals surface area contributed by atoms with Crippen LogP contribution in [0.4, 0.5) is 6.01 Å². The predicted molar refractivity (Wildman–Crippen MR) is 77.5 cm³/mol. The van der Waals surface area contributed by atoms with Crippen molar-refractivity contribution < 1.29 is 13.7 Å². The minimum Gasteiger partial charge on any atom is -0.407 e. The Morgan fingerprint density at radius 3 is 2.64 bits per heavy atom. The highest BCUT2D eigenvalue weighted by Crippen LogP contribution is 2.13. The van der Waals surface area contributed by atoms with E-state index < -0.39 is 5.91 Å². The van der Waals surface area contributed by atoms with Gasteiger partial charge in [-0.05, 0) is 19.4 Å². The predicted octanol–water partition coefficient (Wildman–Crippen LogP) is 2.52. The zero-order valence-corrected chi connectivity index (χ0v) is 12.2. The van der Waals surface area contributed by atoms with Gasteiger partial charge < -0.3 is 8.94 Å². The maximum atomic E-state index is 11.9. The van der Waals surface area contributed by atoms with Gasteiger partial charge in [-0.3, -0.25) is 10.1 Å². The summed E-state index contributed by atoms with van der Waals surface area (Å²) in [6.45, 7) is 3.73. The Morgan fingerprint density at radius 2 is 1.95 bits per heavy atom. The third kappa shape index (κ3) is 3.20.